The Labute approximate surface area is 121 Å². The third-order valence-corrected chi connectivity index (χ3v) is 3.71. The molecule has 0 amide bonds. The Balaban J connectivity index is 1.91. The van der Waals surface area contributed by atoms with Crippen LogP contribution in [0.1, 0.15) is 27.6 Å². The number of ketones is 1. The van der Waals surface area contributed by atoms with Crippen LogP contribution in [-0.2, 0) is 0 Å². The van der Waals surface area contributed by atoms with Gasteiger partial charge >= 0.3 is 0 Å². The monoisotopic (exact) mass is 276 g/mol. The lowest BCUT2D eigenvalue weighted by atomic mass is 9.84. The molecule has 0 spiro atoms. The van der Waals surface area contributed by atoms with Crippen molar-refractivity contribution in [1.82, 2.24) is 0 Å². The third-order valence-electron chi connectivity index (χ3n) is 3.71. The molecule has 0 N–H and O–H groups in total. The molecule has 0 atom stereocenters. The van der Waals surface area contributed by atoms with E-state index in [1.54, 1.807) is 12.1 Å². The average Bonchev–Trinajstić information content (AvgIpc) is 3.06. The van der Waals surface area contributed by atoms with E-state index in [0.29, 0.717) is 5.76 Å². The van der Waals surface area contributed by atoms with E-state index in [1.165, 1.54) is 6.26 Å². The van der Waals surface area contributed by atoms with Crippen molar-refractivity contribution in [3.05, 3.63) is 83.8 Å². The zero-order valence-electron chi connectivity index (χ0n) is 11.2. The number of carbonyl (C=O) groups excluding carboxylic acids is 1. The van der Waals surface area contributed by atoms with E-state index >= 15 is 0 Å². The molecule has 0 saturated carbocycles. The molecule has 4 rings (SSSR count). The predicted octanol–water partition coefficient (Wildman–Crippen LogP) is 4.40. The van der Waals surface area contributed by atoms with Gasteiger partial charge in [0.25, 0.3) is 0 Å². The summed E-state index contributed by atoms with van der Waals surface area (Å²) in [5.41, 5.74) is 1.75. The van der Waals surface area contributed by atoms with Gasteiger partial charge in [0.05, 0.1) is 12.2 Å². The Morgan fingerprint density at radius 2 is 1.43 bits per heavy atom. The Morgan fingerprint density at radius 1 is 0.810 bits per heavy atom. The summed E-state index contributed by atoms with van der Waals surface area (Å²) in [7, 11) is 0. The van der Waals surface area contributed by atoms with E-state index in [4.69, 9.17) is 9.15 Å². The molecular weight excluding hydrogens is 264 g/mol. The summed E-state index contributed by atoms with van der Waals surface area (Å²) in [6.07, 6.45) is 1.52. The second kappa shape index (κ2) is 4.63. The normalized spacial score (nSPS) is 13.1. The highest BCUT2D eigenvalue weighted by atomic mass is 16.5. The molecule has 0 bridgehead atoms. The van der Waals surface area contributed by atoms with E-state index in [9.17, 15) is 4.79 Å². The Morgan fingerprint density at radius 3 is 2.00 bits per heavy atom. The first kappa shape index (κ1) is 12.0. The predicted molar refractivity (Wildman–Crippen MR) is 77.8 cm³/mol. The van der Waals surface area contributed by atoms with Gasteiger partial charge in [0.1, 0.15) is 11.5 Å². The number of rotatable bonds is 2. The number of furan rings is 1. The number of ether oxygens (including phenoxy) is 1. The molecule has 1 aliphatic rings. The number of para-hydroxylation sites is 2. The molecule has 0 saturated heterocycles. The number of Topliss-reactive ketones (excluding diaryl/α,β-unsaturated/α-hetero) is 1. The third kappa shape index (κ3) is 1.86. The number of hydrogen-bond donors (Lipinski definition) is 0. The van der Waals surface area contributed by atoms with Crippen LogP contribution >= 0.6 is 0 Å². The van der Waals surface area contributed by atoms with Crippen LogP contribution in [0.25, 0.3) is 0 Å². The van der Waals surface area contributed by atoms with Crippen molar-refractivity contribution in [2.75, 3.05) is 0 Å². The maximum Gasteiger partial charge on any atom is 0.210 e. The fourth-order valence-electron chi connectivity index (χ4n) is 2.75. The second-order valence-corrected chi connectivity index (χ2v) is 4.95. The number of benzene rings is 2. The van der Waals surface area contributed by atoms with Crippen molar-refractivity contribution in [2.45, 2.75) is 5.92 Å². The van der Waals surface area contributed by atoms with Crippen molar-refractivity contribution < 1.29 is 13.9 Å². The van der Waals surface area contributed by atoms with Gasteiger partial charge < -0.3 is 9.15 Å². The highest BCUT2D eigenvalue weighted by molar-refractivity contribution is 6.02. The van der Waals surface area contributed by atoms with Crippen LogP contribution in [0.5, 0.6) is 11.5 Å². The van der Waals surface area contributed by atoms with Crippen LogP contribution in [0, 0.1) is 0 Å². The lowest BCUT2D eigenvalue weighted by molar-refractivity contribution is 0.0942. The maximum absolute atomic E-state index is 12.8. The highest BCUT2D eigenvalue weighted by Crippen LogP contribution is 2.45. The van der Waals surface area contributed by atoms with Crippen LogP contribution < -0.4 is 4.74 Å². The van der Waals surface area contributed by atoms with E-state index in [2.05, 4.69) is 0 Å². The first-order valence-electron chi connectivity index (χ1n) is 6.78. The van der Waals surface area contributed by atoms with Crippen LogP contribution in [0.15, 0.2) is 71.3 Å². The van der Waals surface area contributed by atoms with E-state index in [0.717, 1.165) is 22.6 Å². The minimum atomic E-state index is -0.391. The number of carbonyl (C=O) groups is 1. The molecule has 0 aliphatic carbocycles. The zero-order valence-corrected chi connectivity index (χ0v) is 11.2. The topological polar surface area (TPSA) is 39.4 Å². The lowest BCUT2D eigenvalue weighted by Gasteiger charge is -2.26. The fraction of sp³-hybridized carbons (Fsp3) is 0.0556. The largest absolute Gasteiger partial charge is 0.461 e. The molecular formula is C18H12O3. The summed E-state index contributed by atoms with van der Waals surface area (Å²) in [4.78, 5) is 12.8. The number of hydrogen-bond acceptors (Lipinski definition) is 3. The summed E-state index contributed by atoms with van der Waals surface area (Å²) in [5, 5.41) is 0. The van der Waals surface area contributed by atoms with Gasteiger partial charge in [-0.3, -0.25) is 4.79 Å². The molecule has 21 heavy (non-hydrogen) atoms. The van der Waals surface area contributed by atoms with E-state index in [-0.39, 0.29) is 5.78 Å². The van der Waals surface area contributed by atoms with Crippen LogP contribution in [0.3, 0.4) is 0 Å². The Hall–Kier alpha value is -2.81. The van der Waals surface area contributed by atoms with Gasteiger partial charge in [-0.1, -0.05) is 36.4 Å². The van der Waals surface area contributed by atoms with Crippen molar-refractivity contribution in [2.24, 2.45) is 0 Å². The molecule has 3 heteroatoms. The lowest BCUT2D eigenvalue weighted by Crippen LogP contribution is -2.18. The molecule has 2 aromatic carbocycles. The van der Waals surface area contributed by atoms with Crippen LogP contribution in [-0.4, -0.2) is 5.78 Å². The first-order valence-corrected chi connectivity index (χ1v) is 6.78. The standard InChI is InChI=1S/C18H12O3/c19-18(16-10-5-11-20-16)17-12-6-1-3-8-14(12)21-15-9-4-2-7-13(15)17/h1-11,17H. The second-order valence-electron chi connectivity index (χ2n) is 4.95. The zero-order chi connectivity index (χ0) is 14.2. The minimum absolute atomic E-state index is 0.0526. The summed E-state index contributed by atoms with van der Waals surface area (Å²) in [6, 6.07) is 18.7. The molecule has 3 aromatic rings. The van der Waals surface area contributed by atoms with Gasteiger partial charge in [-0.15, -0.1) is 0 Å². The van der Waals surface area contributed by atoms with E-state index < -0.39 is 5.92 Å². The Kier molecular flexibility index (Phi) is 2.64. The van der Waals surface area contributed by atoms with Gasteiger partial charge in [0, 0.05) is 11.1 Å². The molecule has 1 aliphatic heterocycles. The molecule has 1 aromatic heterocycles. The van der Waals surface area contributed by atoms with Gasteiger partial charge in [0.15, 0.2) is 5.76 Å². The smallest absolute Gasteiger partial charge is 0.210 e. The SMILES string of the molecule is O=C(c1ccco1)C1c2ccccc2Oc2ccccc21. The molecule has 2 heterocycles. The first-order chi connectivity index (χ1) is 10.3. The molecule has 0 radical (unpaired) electrons. The Bertz CT molecular complexity index is 757. The quantitative estimate of drug-likeness (QED) is 0.651. The summed E-state index contributed by atoms with van der Waals surface area (Å²) < 4.78 is 11.2. The van der Waals surface area contributed by atoms with Crippen molar-refractivity contribution in [3.8, 4) is 11.5 Å². The minimum Gasteiger partial charge on any atom is -0.461 e. The molecule has 0 unspecified atom stereocenters. The number of fused-ring (bicyclic) bond motifs is 2. The summed E-state index contributed by atoms with van der Waals surface area (Å²) in [6.45, 7) is 0. The van der Waals surface area contributed by atoms with Gasteiger partial charge in [-0.2, -0.15) is 0 Å². The van der Waals surface area contributed by atoms with Gasteiger partial charge in [-0.25, -0.2) is 0 Å². The summed E-state index contributed by atoms with van der Waals surface area (Å²) >= 11 is 0. The molecule has 0 fully saturated rings. The van der Waals surface area contributed by atoms with Crippen molar-refractivity contribution in [1.29, 1.82) is 0 Å². The van der Waals surface area contributed by atoms with Gasteiger partial charge in [-0.05, 0) is 24.3 Å². The van der Waals surface area contributed by atoms with Crippen molar-refractivity contribution >= 4 is 5.78 Å². The molecule has 3 nitrogen and oxygen atoms in total. The fourth-order valence-corrected chi connectivity index (χ4v) is 2.75. The maximum atomic E-state index is 12.8. The average molecular weight is 276 g/mol. The van der Waals surface area contributed by atoms with E-state index in [1.807, 2.05) is 48.5 Å². The van der Waals surface area contributed by atoms with Crippen molar-refractivity contribution in [3.63, 3.8) is 0 Å². The highest BCUT2D eigenvalue weighted by Gasteiger charge is 2.33. The van der Waals surface area contributed by atoms with Crippen LogP contribution in [0.4, 0.5) is 0 Å². The van der Waals surface area contributed by atoms with Gasteiger partial charge in [0.2, 0.25) is 5.78 Å². The van der Waals surface area contributed by atoms with Crippen LogP contribution in [0.2, 0.25) is 0 Å². The molecule has 102 valence electrons. The summed E-state index contributed by atoms with van der Waals surface area (Å²) in [5.74, 6) is 1.37.